The van der Waals surface area contributed by atoms with Crippen LogP contribution >= 0.6 is 36.2 Å². The molecule has 2 N–H and O–H groups in total. The second-order valence-corrected chi connectivity index (χ2v) is 6.68. The van der Waals surface area contributed by atoms with Crippen LogP contribution in [0.15, 0.2) is 29.6 Å². The van der Waals surface area contributed by atoms with E-state index in [1.165, 1.54) is 21.6 Å². The van der Waals surface area contributed by atoms with Crippen molar-refractivity contribution in [1.29, 1.82) is 0 Å². The van der Waals surface area contributed by atoms with Crippen LogP contribution in [0, 0.1) is 13.8 Å². The van der Waals surface area contributed by atoms with Gasteiger partial charge in [0.15, 0.2) is 0 Å². The summed E-state index contributed by atoms with van der Waals surface area (Å²) in [4.78, 5) is 3.93. The summed E-state index contributed by atoms with van der Waals surface area (Å²) in [5.74, 6) is 0.360. The molecule has 1 atom stereocenters. The number of nitrogens with zero attached hydrogens (tertiary/aromatic N) is 1. The van der Waals surface area contributed by atoms with Crippen molar-refractivity contribution in [3.63, 3.8) is 0 Å². The third kappa shape index (κ3) is 4.40. The van der Waals surface area contributed by atoms with Gasteiger partial charge in [-0.3, -0.25) is 4.90 Å². The first-order chi connectivity index (χ1) is 10.2. The Kier molecular flexibility index (Phi) is 7.84. The van der Waals surface area contributed by atoms with Gasteiger partial charge in [0.1, 0.15) is 5.75 Å². The van der Waals surface area contributed by atoms with E-state index in [1.54, 1.807) is 0 Å². The van der Waals surface area contributed by atoms with Gasteiger partial charge in [0, 0.05) is 31.1 Å². The van der Waals surface area contributed by atoms with Crippen LogP contribution in [0.2, 0.25) is 0 Å². The van der Waals surface area contributed by atoms with Crippen LogP contribution in [0.4, 0.5) is 0 Å². The highest BCUT2D eigenvalue weighted by atomic mass is 35.5. The molecule has 6 heteroatoms. The van der Waals surface area contributed by atoms with E-state index in [2.05, 4.69) is 41.6 Å². The first-order valence-corrected chi connectivity index (χ1v) is 8.33. The van der Waals surface area contributed by atoms with Gasteiger partial charge in [0.2, 0.25) is 0 Å². The van der Waals surface area contributed by atoms with Gasteiger partial charge in [-0.2, -0.15) is 0 Å². The number of hydrogen-bond donors (Lipinski definition) is 2. The summed E-state index contributed by atoms with van der Waals surface area (Å²) in [7, 11) is 0. The number of halogens is 2. The second-order valence-electron chi connectivity index (χ2n) is 5.70. The predicted molar refractivity (Wildman–Crippen MR) is 103 cm³/mol. The van der Waals surface area contributed by atoms with E-state index in [0.29, 0.717) is 11.8 Å². The Morgan fingerprint density at radius 1 is 1.13 bits per heavy atom. The highest BCUT2D eigenvalue weighted by molar-refractivity contribution is 7.10. The number of rotatable bonds is 3. The lowest BCUT2D eigenvalue weighted by molar-refractivity contribution is 0.199. The summed E-state index contributed by atoms with van der Waals surface area (Å²) in [6, 6.07) is 8.41. The molecule has 0 unspecified atom stereocenters. The Hall–Kier alpha value is -0.780. The molecule has 1 saturated heterocycles. The van der Waals surface area contributed by atoms with Crippen molar-refractivity contribution in [3.05, 3.63) is 51.2 Å². The maximum absolute atomic E-state index is 9.82. The molecule has 0 amide bonds. The molecule has 128 valence electrons. The zero-order chi connectivity index (χ0) is 14.8. The maximum Gasteiger partial charge on any atom is 0.116 e. The zero-order valence-corrected chi connectivity index (χ0v) is 15.9. The minimum atomic E-state index is 0. The summed E-state index contributed by atoms with van der Waals surface area (Å²) < 4.78 is 0. The molecule has 1 aromatic heterocycles. The molecular formula is C17H24Cl2N2OS. The molecule has 1 fully saturated rings. The van der Waals surface area contributed by atoms with Gasteiger partial charge in [0.05, 0.1) is 6.04 Å². The van der Waals surface area contributed by atoms with E-state index in [4.69, 9.17) is 0 Å². The molecule has 0 saturated carbocycles. The van der Waals surface area contributed by atoms with Crippen molar-refractivity contribution in [1.82, 2.24) is 10.2 Å². The van der Waals surface area contributed by atoms with Crippen molar-refractivity contribution in [2.45, 2.75) is 19.9 Å². The minimum absolute atomic E-state index is 0. The Balaban J connectivity index is 0.00000132. The quantitative estimate of drug-likeness (QED) is 0.854. The van der Waals surface area contributed by atoms with Crippen molar-refractivity contribution in [2.75, 3.05) is 26.2 Å². The molecule has 2 heterocycles. The van der Waals surface area contributed by atoms with Crippen LogP contribution in [-0.4, -0.2) is 36.2 Å². The fourth-order valence-electron chi connectivity index (χ4n) is 3.28. The topological polar surface area (TPSA) is 35.5 Å². The number of hydrogen-bond acceptors (Lipinski definition) is 4. The fraction of sp³-hybridized carbons (Fsp3) is 0.412. The summed E-state index contributed by atoms with van der Waals surface area (Å²) in [5.41, 5.74) is 3.69. The normalized spacial score (nSPS) is 16.3. The van der Waals surface area contributed by atoms with Crippen molar-refractivity contribution >= 4 is 36.2 Å². The van der Waals surface area contributed by atoms with Gasteiger partial charge < -0.3 is 10.4 Å². The summed E-state index contributed by atoms with van der Waals surface area (Å²) in [6.07, 6.45) is 0. The molecule has 2 aromatic rings. The molecule has 0 aliphatic carbocycles. The summed E-state index contributed by atoms with van der Waals surface area (Å²) >= 11 is 1.82. The van der Waals surface area contributed by atoms with Gasteiger partial charge in [0.25, 0.3) is 0 Å². The minimum Gasteiger partial charge on any atom is -0.508 e. The first kappa shape index (κ1) is 20.3. The molecule has 3 nitrogen and oxygen atoms in total. The van der Waals surface area contributed by atoms with E-state index in [9.17, 15) is 5.11 Å². The molecule has 0 bridgehead atoms. The number of phenolic OH excluding ortho intramolecular Hbond substituents is 1. The van der Waals surface area contributed by atoms with Crippen LogP contribution in [0.5, 0.6) is 5.75 Å². The van der Waals surface area contributed by atoms with Crippen LogP contribution in [-0.2, 0) is 0 Å². The van der Waals surface area contributed by atoms with Crippen LogP contribution in [0.1, 0.15) is 27.6 Å². The standard InChI is InChI=1S/C17H22N2OS.2ClH/c1-12-10-14(20)11-13(2)16(12)17(15-4-3-9-21-15)19-7-5-18-6-8-19;;/h3-4,9-11,17-18,20H,5-8H2,1-2H3;2*1H/t17-;;/m0../s1. The molecular weight excluding hydrogens is 351 g/mol. The highest BCUT2D eigenvalue weighted by Crippen LogP contribution is 2.37. The lowest BCUT2D eigenvalue weighted by Crippen LogP contribution is -2.45. The number of aromatic hydroxyl groups is 1. The van der Waals surface area contributed by atoms with Gasteiger partial charge >= 0.3 is 0 Å². The number of benzene rings is 1. The highest BCUT2D eigenvalue weighted by Gasteiger charge is 2.27. The van der Waals surface area contributed by atoms with Crippen molar-refractivity contribution in [2.24, 2.45) is 0 Å². The van der Waals surface area contributed by atoms with Gasteiger partial charge in [-0.15, -0.1) is 36.2 Å². The summed E-state index contributed by atoms with van der Waals surface area (Å²) in [5, 5.41) is 15.4. The lowest BCUT2D eigenvalue weighted by Gasteiger charge is -2.36. The third-order valence-corrected chi connectivity index (χ3v) is 5.11. The average molecular weight is 375 g/mol. The summed E-state index contributed by atoms with van der Waals surface area (Å²) in [6.45, 7) is 8.40. The average Bonchev–Trinajstić information content (AvgIpc) is 2.97. The zero-order valence-electron chi connectivity index (χ0n) is 13.4. The lowest BCUT2D eigenvalue weighted by atomic mass is 9.93. The Bertz CT molecular complexity index is 590. The van der Waals surface area contributed by atoms with Gasteiger partial charge in [-0.05, 0) is 54.1 Å². The molecule has 1 aromatic carbocycles. The number of thiophene rings is 1. The van der Waals surface area contributed by atoms with Gasteiger partial charge in [-0.1, -0.05) is 6.07 Å². The van der Waals surface area contributed by atoms with Crippen LogP contribution < -0.4 is 5.32 Å². The Morgan fingerprint density at radius 3 is 2.26 bits per heavy atom. The molecule has 3 rings (SSSR count). The second kappa shape index (κ2) is 8.90. The van der Waals surface area contributed by atoms with Crippen molar-refractivity contribution < 1.29 is 5.11 Å². The number of nitrogens with one attached hydrogen (secondary N) is 1. The number of piperazine rings is 1. The largest absolute Gasteiger partial charge is 0.508 e. The molecule has 23 heavy (non-hydrogen) atoms. The molecule has 1 aliphatic heterocycles. The predicted octanol–water partition coefficient (Wildman–Crippen LogP) is 3.91. The van der Waals surface area contributed by atoms with E-state index >= 15 is 0 Å². The maximum atomic E-state index is 9.82. The van der Waals surface area contributed by atoms with E-state index in [0.717, 1.165) is 26.2 Å². The van der Waals surface area contributed by atoms with E-state index in [-0.39, 0.29) is 24.8 Å². The van der Waals surface area contributed by atoms with E-state index in [1.807, 2.05) is 23.5 Å². The van der Waals surface area contributed by atoms with Crippen molar-refractivity contribution in [3.8, 4) is 5.75 Å². The SMILES string of the molecule is Cc1cc(O)cc(C)c1[C@H](c1cccs1)N1CCNCC1.Cl.Cl. The number of phenols is 1. The van der Waals surface area contributed by atoms with Gasteiger partial charge in [-0.25, -0.2) is 0 Å². The molecule has 1 aliphatic rings. The molecule has 0 spiro atoms. The Labute approximate surface area is 154 Å². The third-order valence-electron chi connectivity index (χ3n) is 4.18. The van der Waals surface area contributed by atoms with Crippen LogP contribution in [0.3, 0.4) is 0 Å². The smallest absolute Gasteiger partial charge is 0.116 e. The first-order valence-electron chi connectivity index (χ1n) is 7.45. The molecule has 0 radical (unpaired) electrons. The van der Waals surface area contributed by atoms with Crippen LogP contribution in [0.25, 0.3) is 0 Å². The number of aryl methyl sites for hydroxylation is 2. The monoisotopic (exact) mass is 374 g/mol. The Morgan fingerprint density at radius 2 is 1.74 bits per heavy atom. The van der Waals surface area contributed by atoms with E-state index < -0.39 is 0 Å². The fourth-order valence-corrected chi connectivity index (χ4v) is 4.14.